The molecule has 1 fully saturated rings. The number of carbonyl (C=O) groups is 2. The zero-order valence-corrected chi connectivity index (χ0v) is 15.5. The molecule has 1 N–H and O–H groups in total. The van der Waals surface area contributed by atoms with E-state index in [0.717, 1.165) is 30.6 Å². The first kappa shape index (κ1) is 17.1. The lowest BCUT2D eigenvalue weighted by molar-refractivity contribution is 0.0816. The molecule has 4 nitrogen and oxygen atoms in total. The molecule has 0 saturated carbocycles. The summed E-state index contributed by atoms with van der Waals surface area (Å²) < 4.78 is 0. The fourth-order valence-corrected chi connectivity index (χ4v) is 4.80. The van der Waals surface area contributed by atoms with Crippen LogP contribution in [0.2, 0.25) is 0 Å². The second-order valence-corrected chi connectivity index (χ2v) is 7.61. The number of nitrogens with one attached hydrogen (secondary N) is 1. The second kappa shape index (κ2) is 6.65. The van der Waals surface area contributed by atoms with Crippen LogP contribution in [0.3, 0.4) is 0 Å². The van der Waals surface area contributed by atoms with E-state index in [-0.39, 0.29) is 17.6 Å². The summed E-state index contributed by atoms with van der Waals surface area (Å²) >= 11 is 1.76. The topological polar surface area (TPSA) is 53.2 Å². The fraction of sp³-hybridized carbons (Fsp3) is 0.474. The molecule has 1 aliphatic rings. The van der Waals surface area contributed by atoms with E-state index in [4.69, 9.17) is 0 Å². The van der Waals surface area contributed by atoms with Crippen molar-refractivity contribution in [2.45, 2.75) is 52.6 Å². The van der Waals surface area contributed by atoms with Crippen LogP contribution in [-0.4, -0.2) is 34.0 Å². The smallest absolute Gasteiger partial charge is 0.196 e. The maximum atomic E-state index is 13.1. The summed E-state index contributed by atoms with van der Waals surface area (Å²) in [5, 5.41) is 2.09. The molecule has 0 unspecified atom stereocenters. The van der Waals surface area contributed by atoms with Gasteiger partial charge in [-0.15, -0.1) is 11.3 Å². The Hall–Kier alpha value is -1.72. The van der Waals surface area contributed by atoms with E-state index >= 15 is 0 Å². The molecule has 2 atom stereocenters. The van der Waals surface area contributed by atoms with Gasteiger partial charge in [-0.1, -0.05) is 6.07 Å². The lowest BCUT2D eigenvalue weighted by Crippen LogP contribution is -2.38. The maximum Gasteiger partial charge on any atom is 0.196 e. The number of carbonyl (C=O) groups excluding carboxylic acids is 2. The molecule has 128 valence electrons. The molecule has 1 aliphatic heterocycles. The Labute approximate surface area is 146 Å². The molecule has 0 radical (unpaired) electrons. The van der Waals surface area contributed by atoms with Crippen molar-refractivity contribution >= 4 is 22.9 Å². The predicted octanol–water partition coefficient (Wildman–Crippen LogP) is 4.30. The summed E-state index contributed by atoms with van der Waals surface area (Å²) in [6.45, 7) is 8.19. The first-order valence-electron chi connectivity index (χ1n) is 8.45. The number of nitrogens with zero attached hydrogens (tertiary/aromatic N) is 1. The summed E-state index contributed by atoms with van der Waals surface area (Å²) in [6.07, 6.45) is 2.21. The van der Waals surface area contributed by atoms with Crippen LogP contribution in [0, 0.1) is 13.8 Å². The number of aryl methyl sites for hydroxylation is 1. The summed E-state index contributed by atoms with van der Waals surface area (Å²) in [7, 11) is 0. The molecule has 1 saturated heterocycles. The lowest BCUT2D eigenvalue weighted by atomic mass is 10.0. The van der Waals surface area contributed by atoms with Crippen molar-refractivity contribution in [2.24, 2.45) is 0 Å². The largest absolute Gasteiger partial charge is 0.355 e. The third kappa shape index (κ3) is 2.87. The second-order valence-electron chi connectivity index (χ2n) is 6.63. The monoisotopic (exact) mass is 344 g/mol. The summed E-state index contributed by atoms with van der Waals surface area (Å²) in [4.78, 5) is 31.7. The van der Waals surface area contributed by atoms with Gasteiger partial charge in [0.15, 0.2) is 11.6 Å². The molecule has 24 heavy (non-hydrogen) atoms. The molecule has 2 aromatic rings. The van der Waals surface area contributed by atoms with E-state index < -0.39 is 0 Å². The van der Waals surface area contributed by atoms with E-state index in [0.29, 0.717) is 17.3 Å². The van der Waals surface area contributed by atoms with Crippen molar-refractivity contribution in [3.05, 3.63) is 44.9 Å². The summed E-state index contributed by atoms with van der Waals surface area (Å²) in [5.74, 6) is 0.0807. The molecule has 2 aromatic heterocycles. The first-order chi connectivity index (χ1) is 11.4. The molecule has 5 heteroatoms. The van der Waals surface area contributed by atoms with Gasteiger partial charge in [0.1, 0.15) is 0 Å². The van der Waals surface area contributed by atoms with Crippen LogP contribution in [-0.2, 0) is 0 Å². The Morgan fingerprint density at radius 3 is 2.71 bits per heavy atom. The van der Waals surface area contributed by atoms with E-state index in [2.05, 4.69) is 27.4 Å². The highest BCUT2D eigenvalue weighted by molar-refractivity contribution is 7.10. The average molecular weight is 344 g/mol. The average Bonchev–Trinajstić information content (AvgIpc) is 3.24. The zero-order chi connectivity index (χ0) is 17.4. The molecular formula is C19H24N2O2S. The number of Topliss-reactive ketones (excluding diaryl/α,β-unsaturated/α-hetero) is 2. The van der Waals surface area contributed by atoms with E-state index in [1.54, 1.807) is 18.3 Å². The van der Waals surface area contributed by atoms with Gasteiger partial charge in [-0.2, -0.15) is 0 Å². The highest BCUT2D eigenvalue weighted by Crippen LogP contribution is 2.36. The molecule has 3 heterocycles. The predicted molar refractivity (Wildman–Crippen MR) is 97.1 cm³/mol. The van der Waals surface area contributed by atoms with Crippen LogP contribution >= 0.6 is 11.3 Å². The van der Waals surface area contributed by atoms with Gasteiger partial charge in [0, 0.05) is 22.2 Å². The standard InChI is InChI=1S/C19H24N2O2S/c1-11-17(14(4)22)12(2)20-18(11)19(23)13(3)21-9-5-7-15(21)16-8-6-10-24-16/h6,8,10,13,15,20H,5,7,9H2,1-4H3/t13-,15-/m1/s1. The number of aromatic nitrogens is 1. The minimum Gasteiger partial charge on any atom is -0.355 e. The van der Waals surface area contributed by atoms with Gasteiger partial charge in [0.2, 0.25) is 0 Å². The van der Waals surface area contributed by atoms with Crippen molar-refractivity contribution in [1.82, 2.24) is 9.88 Å². The zero-order valence-electron chi connectivity index (χ0n) is 14.7. The van der Waals surface area contributed by atoms with Gasteiger partial charge in [-0.05, 0) is 64.1 Å². The van der Waals surface area contributed by atoms with Gasteiger partial charge < -0.3 is 4.98 Å². The minimum absolute atomic E-state index is 0.00517. The van der Waals surface area contributed by atoms with Crippen LogP contribution in [0.5, 0.6) is 0 Å². The third-order valence-corrected chi connectivity index (χ3v) is 6.05. The Kier molecular flexibility index (Phi) is 4.74. The Bertz CT molecular complexity index is 761. The summed E-state index contributed by atoms with van der Waals surface area (Å²) in [5.41, 5.74) is 2.80. The Morgan fingerprint density at radius 1 is 1.38 bits per heavy atom. The van der Waals surface area contributed by atoms with Crippen molar-refractivity contribution in [3.63, 3.8) is 0 Å². The first-order valence-corrected chi connectivity index (χ1v) is 9.33. The Balaban J connectivity index is 1.87. The van der Waals surface area contributed by atoms with Crippen LogP contribution in [0.1, 0.15) is 69.7 Å². The highest BCUT2D eigenvalue weighted by atomic mass is 32.1. The molecule has 0 spiro atoms. The number of thiophene rings is 1. The quantitative estimate of drug-likeness (QED) is 0.823. The van der Waals surface area contributed by atoms with E-state index in [1.807, 2.05) is 20.8 Å². The highest BCUT2D eigenvalue weighted by Gasteiger charge is 2.35. The number of likely N-dealkylation sites (tertiary alicyclic amines) is 1. The number of H-pyrrole nitrogens is 1. The number of hydrogen-bond donors (Lipinski definition) is 1. The number of rotatable bonds is 5. The van der Waals surface area contributed by atoms with E-state index in [1.165, 1.54) is 4.88 Å². The molecule has 3 rings (SSSR count). The van der Waals surface area contributed by atoms with Gasteiger partial charge >= 0.3 is 0 Å². The molecule has 0 aliphatic carbocycles. The van der Waals surface area contributed by atoms with Crippen LogP contribution < -0.4 is 0 Å². The minimum atomic E-state index is -0.198. The number of hydrogen-bond acceptors (Lipinski definition) is 4. The number of aromatic amines is 1. The Morgan fingerprint density at radius 2 is 2.12 bits per heavy atom. The van der Waals surface area contributed by atoms with Crippen molar-refractivity contribution in [1.29, 1.82) is 0 Å². The molecule has 0 bridgehead atoms. The third-order valence-electron chi connectivity index (χ3n) is 5.08. The number of ketones is 2. The van der Waals surface area contributed by atoms with Crippen LogP contribution in [0.25, 0.3) is 0 Å². The van der Waals surface area contributed by atoms with Gasteiger partial charge in [-0.25, -0.2) is 0 Å². The van der Waals surface area contributed by atoms with Crippen molar-refractivity contribution in [2.75, 3.05) is 6.54 Å². The molecule has 0 amide bonds. The van der Waals surface area contributed by atoms with E-state index in [9.17, 15) is 9.59 Å². The lowest BCUT2D eigenvalue weighted by Gasteiger charge is -2.29. The molecule has 0 aromatic carbocycles. The van der Waals surface area contributed by atoms with Gasteiger partial charge in [0.25, 0.3) is 0 Å². The van der Waals surface area contributed by atoms with Gasteiger partial charge in [-0.3, -0.25) is 14.5 Å². The maximum absolute atomic E-state index is 13.1. The SMILES string of the molecule is CC(=O)c1c(C)[nH]c(C(=O)[C@@H](C)N2CCC[C@@H]2c2cccs2)c1C. The van der Waals surface area contributed by atoms with Crippen LogP contribution in [0.15, 0.2) is 17.5 Å². The van der Waals surface area contributed by atoms with Crippen molar-refractivity contribution < 1.29 is 9.59 Å². The molecular weight excluding hydrogens is 320 g/mol. The van der Waals surface area contributed by atoms with Crippen LogP contribution in [0.4, 0.5) is 0 Å². The normalized spacial score (nSPS) is 19.6. The van der Waals surface area contributed by atoms with Gasteiger partial charge in [0.05, 0.1) is 11.7 Å². The summed E-state index contributed by atoms with van der Waals surface area (Å²) in [6, 6.07) is 4.35. The van der Waals surface area contributed by atoms with Crippen molar-refractivity contribution in [3.8, 4) is 0 Å². The fourth-order valence-electron chi connectivity index (χ4n) is 3.92.